The van der Waals surface area contributed by atoms with Crippen LogP contribution in [-0.4, -0.2) is 11.1 Å². The van der Waals surface area contributed by atoms with Gasteiger partial charge in [-0.05, 0) is 18.2 Å². The molecule has 19 heavy (non-hydrogen) atoms. The van der Waals surface area contributed by atoms with Gasteiger partial charge >= 0.3 is 5.97 Å². The van der Waals surface area contributed by atoms with Gasteiger partial charge in [-0.2, -0.15) is 0 Å². The van der Waals surface area contributed by atoms with E-state index in [1.807, 2.05) is 0 Å². The van der Waals surface area contributed by atoms with Crippen LogP contribution in [0.3, 0.4) is 0 Å². The van der Waals surface area contributed by atoms with Crippen LogP contribution in [0.2, 0.25) is 5.02 Å². The molecule has 0 saturated carbocycles. The van der Waals surface area contributed by atoms with Crippen molar-refractivity contribution in [3.8, 4) is 5.75 Å². The smallest absolute Gasteiger partial charge is 0.338 e. The topological polar surface area (TPSA) is 46.5 Å². The molecule has 98 valence electrons. The molecular formula is C14H10ClFO3. The lowest BCUT2D eigenvalue weighted by atomic mass is 10.1. The van der Waals surface area contributed by atoms with Gasteiger partial charge in [0.15, 0.2) is 0 Å². The van der Waals surface area contributed by atoms with Gasteiger partial charge < -0.3 is 9.84 Å². The molecule has 0 bridgehead atoms. The maximum absolute atomic E-state index is 13.8. The SMILES string of the molecule is O=C(O)c1cccc(COc2ccccc2Cl)c1F. The molecule has 0 fully saturated rings. The number of rotatable bonds is 4. The van der Waals surface area contributed by atoms with Gasteiger partial charge in [0, 0.05) is 5.56 Å². The second kappa shape index (κ2) is 5.71. The first kappa shape index (κ1) is 13.4. The molecule has 0 aliphatic heterocycles. The lowest BCUT2D eigenvalue weighted by molar-refractivity contribution is 0.0691. The molecule has 0 heterocycles. The van der Waals surface area contributed by atoms with E-state index >= 15 is 0 Å². The summed E-state index contributed by atoms with van der Waals surface area (Å²) in [7, 11) is 0. The van der Waals surface area contributed by atoms with Gasteiger partial charge in [0.05, 0.1) is 10.6 Å². The van der Waals surface area contributed by atoms with Crippen molar-refractivity contribution in [2.75, 3.05) is 0 Å². The zero-order valence-corrected chi connectivity index (χ0v) is 10.5. The molecule has 1 N–H and O–H groups in total. The molecule has 0 aromatic heterocycles. The zero-order chi connectivity index (χ0) is 13.8. The first-order valence-corrected chi connectivity index (χ1v) is 5.85. The fraction of sp³-hybridized carbons (Fsp3) is 0.0714. The average molecular weight is 281 g/mol. The molecule has 2 aromatic rings. The van der Waals surface area contributed by atoms with E-state index in [0.29, 0.717) is 10.8 Å². The molecule has 0 spiro atoms. The highest BCUT2D eigenvalue weighted by Gasteiger charge is 2.14. The van der Waals surface area contributed by atoms with E-state index in [-0.39, 0.29) is 17.7 Å². The number of para-hydroxylation sites is 1. The highest BCUT2D eigenvalue weighted by Crippen LogP contribution is 2.24. The molecule has 0 aliphatic carbocycles. The zero-order valence-electron chi connectivity index (χ0n) is 9.77. The monoisotopic (exact) mass is 280 g/mol. The average Bonchev–Trinajstić information content (AvgIpc) is 2.39. The minimum atomic E-state index is -1.31. The van der Waals surface area contributed by atoms with Gasteiger partial charge in [-0.1, -0.05) is 35.9 Å². The van der Waals surface area contributed by atoms with Crippen LogP contribution in [0.25, 0.3) is 0 Å². The largest absolute Gasteiger partial charge is 0.487 e. The van der Waals surface area contributed by atoms with Crippen molar-refractivity contribution in [1.82, 2.24) is 0 Å². The molecule has 5 heteroatoms. The fourth-order valence-corrected chi connectivity index (χ4v) is 1.76. The van der Waals surface area contributed by atoms with Crippen molar-refractivity contribution in [1.29, 1.82) is 0 Å². The van der Waals surface area contributed by atoms with Crippen LogP contribution in [0.5, 0.6) is 5.75 Å². The lowest BCUT2D eigenvalue weighted by Crippen LogP contribution is -2.06. The van der Waals surface area contributed by atoms with Crippen LogP contribution >= 0.6 is 11.6 Å². The first-order valence-electron chi connectivity index (χ1n) is 5.47. The number of benzene rings is 2. The summed E-state index contributed by atoms with van der Waals surface area (Å²) in [5, 5.41) is 9.23. The van der Waals surface area contributed by atoms with Crippen molar-refractivity contribution in [3.05, 3.63) is 64.4 Å². The Kier molecular flexibility index (Phi) is 4.02. The van der Waals surface area contributed by atoms with Crippen LogP contribution in [0.4, 0.5) is 4.39 Å². The highest BCUT2D eigenvalue weighted by molar-refractivity contribution is 6.32. The van der Waals surface area contributed by atoms with Crippen molar-refractivity contribution >= 4 is 17.6 Å². The second-order valence-electron chi connectivity index (χ2n) is 3.80. The maximum atomic E-state index is 13.8. The predicted octanol–water partition coefficient (Wildman–Crippen LogP) is 3.76. The summed E-state index contributed by atoms with van der Waals surface area (Å²) in [4.78, 5) is 10.8. The van der Waals surface area contributed by atoms with E-state index in [1.165, 1.54) is 18.2 Å². The summed E-state index contributed by atoms with van der Waals surface area (Å²) < 4.78 is 19.2. The van der Waals surface area contributed by atoms with Crippen LogP contribution in [0.1, 0.15) is 15.9 Å². The number of halogens is 2. The van der Waals surface area contributed by atoms with Crippen molar-refractivity contribution in [3.63, 3.8) is 0 Å². The number of ether oxygens (including phenoxy) is 1. The molecule has 2 aromatic carbocycles. The van der Waals surface area contributed by atoms with E-state index in [0.717, 1.165) is 0 Å². The Bertz CT molecular complexity index is 613. The molecule has 0 amide bonds. The molecule has 0 aliphatic rings. The van der Waals surface area contributed by atoms with Gasteiger partial charge in [-0.3, -0.25) is 0 Å². The van der Waals surface area contributed by atoms with Crippen molar-refractivity contribution < 1.29 is 19.0 Å². The van der Waals surface area contributed by atoms with Gasteiger partial charge in [0.25, 0.3) is 0 Å². The summed E-state index contributed by atoms with van der Waals surface area (Å²) in [6.45, 7) is -0.0866. The number of carboxylic acids is 1. The summed E-state index contributed by atoms with van der Waals surface area (Å²) >= 11 is 5.90. The Hall–Kier alpha value is -2.07. The third kappa shape index (κ3) is 3.03. The molecule has 0 saturated heterocycles. The summed E-state index contributed by atoms with van der Waals surface area (Å²) in [6, 6.07) is 10.9. The summed E-state index contributed by atoms with van der Waals surface area (Å²) in [6.07, 6.45) is 0. The van der Waals surface area contributed by atoms with Crippen LogP contribution in [0.15, 0.2) is 42.5 Å². The molecule has 0 radical (unpaired) electrons. The predicted molar refractivity (Wildman–Crippen MR) is 69.1 cm³/mol. The third-order valence-corrected chi connectivity index (χ3v) is 2.84. The molecule has 2 rings (SSSR count). The first-order chi connectivity index (χ1) is 9.09. The number of hydrogen-bond acceptors (Lipinski definition) is 2. The van der Waals surface area contributed by atoms with Crippen LogP contribution in [-0.2, 0) is 6.61 Å². The molecule has 3 nitrogen and oxygen atoms in total. The standard InChI is InChI=1S/C14H10ClFO3/c15-11-6-1-2-7-12(11)19-8-9-4-3-5-10(13(9)16)14(17)18/h1-7H,8H2,(H,17,18). The Morgan fingerprint density at radius 1 is 1.21 bits per heavy atom. The highest BCUT2D eigenvalue weighted by atomic mass is 35.5. The fourth-order valence-electron chi connectivity index (χ4n) is 1.57. The van der Waals surface area contributed by atoms with Gasteiger partial charge in [0.1, 0.15) is 18.2 Å². The van der Waals surface area contributed by atoms with Gasteiger partial charge in [0.2, 0.25) is 0 Å². The molecule has 0 atom stereocenters. The van der Waals surface area contributed by atoms with E-state index in [9.17, 15) is 9.18 Å². The quantitative estimate of drug-likeness (QED) is 0.927. The third-order valence-electron chi connectivity index (χ3n) is 2.53. The Balaban J connectivity index is 2.19. The number of aromatic carboxylic acids is 1. The van der Waals surface area contributed by atoms with E-state index in [4.69, 9.17) is 21.4 Å². The Morgan fingerprint density at radius 3 is 2.63 bits per heavy atom. The minimum absolute atomic E-state index is 0.0866. The number of hydrogen-bond donors (Lipinski definition) is 1. The van der Waals surface area contributed by atoms with Gasteiger partial charge in [-0.15, -0.1) is 0 Å². The summed E-state index contributed by atoms with van der Waals surface area (Å²) in [5.41, 5.74) is -0.208. The normalized spacial score (nSPS) is 10.2. The van der Waals surface area contributed by atoms with Gasteiger partial charge in [-0.25, -0.2) is 9.18 Å². The van der Waals surface area contributed by atoms with Crippen LogP contribution < -0.4 is 4.74 Å². The maximum Gasteiger partial charge on any atom is 0.338 e. The van der Waals surface area contributed by atoms with Crippen molar-refractivity contribution in [2.24, 2.45) is 0 Å². The minimum Gasteiger partial charge on any atom is -0.487 e. The second-order valence-corrected chi connectivity index (χ2v) is 4.21. The molecule has 0 unspecified atom stereocenters. The van der Waals surface area contributed by atoms with E-state index in [1.54, 1.807) is 24.3 Å². The summed E-state index contributed by atoms with van der Waals surface area (Å²) in [5.74, 6) is -1.68. The van der Waals surface area contributed by atoms with Crippen LogP contribution in [0, 0.1) is 5.82 Å². The van der Waals surface area contributed by atoms with Crippen molar-refractivity contribution in [2.45, 2.75) is 6.61 Å². The lowest BCUT2D eigenvalue weighted by Gasteiger charge is -2.09. The number of carbonyl (C=O) groups is 1. The number of carboxylic acid groups (broad SMARTS) is 1. The molecular weight excluding hydrogens is 271 g/mol. The van der Waals surface area contributed by atoms with E-state index < -0.39 is 11.8 Å². The van der Waals surface area contributed by atoms with E-state index in [2.05, 4.69) is 0 Å². The Labute approximate surface area is 114 Å². The Morgan fingerprint density at radius 2 is 1.95 bits per heavy atom.